The van der Waals surface area contributed by atoms with Crippen LogP contribution in [0.4, 0.5) is 0 Å². The number of hydrogen-bond donors (Lipinski definition) is 2. The molecule has 7 nitrogen and oxygen atoms in total. The van der Waals surface area contributed by atoms with Crippen LogP contribution in [0.1, 0.15) is 24.8 Å². The van der Waals surface area contributed by atoms with Crippen LogP contribution < -0.4 is 10.6 Å². The van der Waals surface area contributed by atoms with Crippen LogP contribution in [0.25, 0.3) is 0 Å². The fourth-order valence-corrected chi connectivity index (χ4v) is 8.04. The third-order valence-electron chi connectivity index (χ3n) is 7.35. The summed E-state index contributed by atoms with van der Waals surface area (Å²) in [6.07, 6.45) is 0.811. The first-order chi connectivity index (χ1) is 14.9. The third-order valence-corrected chi connectivity index (χ3v) is 10.0. The molecule has 4 unspecified atom stereocenters. The van der Waals surface area contributed by atoms with E-state index in [1.807, 2.05) is 42.2 Å². The molecule has 31 heavy (non-hydrogen) atoms. The zero-order chi connectivity index (χ0) is 21.8. The van der Waals surface area contributed by atoms with E-state index >= 15 is 0 Å². The molecule has 0 radical (unpaired) electrons. The Bertz CT molecular complexity index is 981. The molecule has 0 spiro atoms. The van der Waals surface area contributed by atoms with Gasteiger partial charge in [0.1, 0.15) is 0 Å². The van der Waals surface area contributed by atoms with Crippen LogP contribution in [0.5, 0.6) is 0 Å². The second-order valence-electron chi connectivity index (χ2n) is 9.13. The normalized spacial score (nSPS) is 32.3. The fourth-order valence-electron chi connectivity index (χ4n) is 5.54. The van der Waals surface area contributed by atoms with E-state index in [1.54, 1.807) is 4.31 Å². The Balaban J connectivity index is 1.23. The van der Waals surface area contributed by atoms with E-state index in [1.165, 1.54) is 0 Å². The monoisotopic (exact) mass is 464 g/mol. The van der Waals surface area contributed by atoms with Crippen molar-refractivity contribution in [2.75, 3.05) is 39.3 Å². The smallest absolute Gasteiger partial charge is 0.230 e. The van der Waals surface area contributed by atoms with Gasteiger partial charge in [0.05, 0.1) is 16.7 Å². The number of hydrogen-bond acceptors (Lipinski definition) is 5. The van der Waals surface area contributed by atoms with Gasteiger partial charge in [-0.15, -0.1) is 11.6 Å². The molecule has 4 aliphatic rings. The van der Waals surface area contributed by atoms with Crippen LogP contribution in [0.3, 0.4) is 0 Å². The third kappa shape index (κ3) is 3.72. The second kappa shape index (κ2) is 8.15. The van der Waals surface area contributed by atoms with Gasteiger partial charge in [-0.1, -0.05) is 30.3 Å². The lowest BCUT2D eigenvalue weighted by molar-refractivity contribution is -0.131. The average molecular weight is 465 g/mol. The quantitative estimate of drug-likeness (QED) is 0.396. The van der Waals surface area contributed by atoms with Gasteiger partial charge < -0.3 is 15.5 Å². The molecule has 2 fully saturated rings. The highest BCUT2D eigenvalue weighted by Gasteiger charge is 2.50. The molecule has 1 aromatic carbocycles. The predicted molar refractivity (Wildman–Crippen MR) is 120 cm³/mol. The summed E-state index contributed by atoms with van der Waals surface area (Å²) in [6.45, 7) is 4.98. The van der Waals surface area contributed by atoms with Crippen molar-refractivity contribution in [3.63, 3.8) is 0 Å². The molecular weight excluding hydrogens is 436 g/mol. The van der Waals surface area contributed by atoms with Crippen molar-refractivity contribution in [3.8, 4) is 0 Å². The van der Waals surface area contributed by atoms with Gasteiger partial charge in [0.25, 0.3) is 0 Å². The van der Waals surface area contributed by atoms with Crippen LogP contribution in [0.2, 0.25) is 0 Å². The van der Waals surface area contributed by atoms with Gasteiger partial charge in [0, 0.05) is 38.8 Å². The number of rotatable bonds is 4. The lowest BCUT2D eigenvalue weighted by Crippen LogP contribution is -2.52. The summed E-state index contributed by atoms with van der Waals surface area (Å²) in [5, 5.41) is 6.10. The Hall–Kier alpha value is -1.45. The summed E-state index contributed by atoms with van der Waals surface area (Å²) in [4.78, 5) is 14.9. The number of sulfonamides is 1. The SMILES string of the molecule is C[C@@H](C(=O)N1CC2=C(C1)CN(S(=O)(=O)C1CNC3C(Cl)NCCC31)C2)c1ccccc1. The minimum Gasteiger partial charge on any atom is -0.334 e. The highest BCUT2D eigenvalue weighted by Crippen LogP contribution is 2.36. The first-order valence-electron chi connectivity index (χ1n) is 11.0. The number of halogens is 1. The number of alkyl halides is 1. The van der Waals surface area contributed by atoms with Crippen LogP contribution in [-0.4, -0.2) is 79.6 Å². The Labute approximate surface area is 188 Å². The maximum atomic E-state index is 13.5. The first kappa shape index (κ1) is 21.4. The van der Waals surface area contributed by atoms with Crippen molar-refractivity contribution in [2.45, 2.75) is 36.1 Å². The standard InChI is InChI=1S/C22H29ClN4O3S/c1-14(15-5-3-2-4-6-15)22(28)26-10-16-12-27(13-17(16)11-26)31(29,30)19-9-25-20-18(19)7-8-24-21(20)23/h2-6,14,18-21,24-25H,7-13H2,1H3/t14-,18?,19?,20?,21?/m1/s1. The minimum absolute atomic E-state index is 0.00909. The van der Waals surface area contributed by atoms with Crippen molar-refractivity contribution in [1.29, 1.82) is 0 Å². The van der Waals surface area contributed by atoms with Crippen molar-refractivity contribution >= 4 is 27.5 Å². The number of benzene rings is 1. The number of amides is 1. The van der Waals surface area contributed by atoms with E-state index in [0.717, 1.165) is 29.7 Å². The average Bonchev–Trinajstić information content (AvgIpc) is 3.47. The molecule has 5 atom stereocenters. The Kier molecular flexibility index (Phi) is 5.63. The minimum atomic E-state index is -3.43. The summed E-state index contributed by atoms with van der Waals surface area (Å²) in [6, 6.07) is 9.78. The van der Waals surface area contributed by atoms with Gasteiger partial charge in [0.15, 0.2) is 0 Å². The van der Waals surface area contributed by atoms with Crippen LogP contribution >= 0.6 is 11.6 Å². The molecular formula is C22H29ClN4O3S. The van der Waals surface area contributed by atoms with Crippen molar-refractivity contribution in [3.05, 3.63) is 47.0 Å². The molecule has 1 amide bonds. The Morgan fingerprint density at radius 2 is 1.77 bits per heavy atom. The lowest BCUT2D eigenvalue weighted by atomic mass is 9.93. The molecule has 168 valence electrons. The van der Waals surface area contributed by atoms with Crippen LogP contribution in [-0.2, 0) is 14.8 Å². The second-order valence-corrected chi connectivity index (χ2v) is 11.7. The van der Waals surface area contributed by atoms with Gasteiger partial charge >= 0.3 is 0 Å². The van der Waals surface area contributed by atoms with Gasteiger partial charge in [-0.3, -0.25) is 4.79 Å². The first-order valence-corrected chi connectivity index (χ1v) is 12.9. The Morgan fingerprint density at radius 3 is 2.45 bits per heavy atom. The summed E-state index contributed by atoms with van der Waals surface area (Å²) in [5.41, 5.74) is 2.94. The van der Waals surface area contributed by atoms with E-state index in [2.05, 4.69) is 10.6 Å². The molecule has 2 N–H and O–H groups in total. The summed E-state index contributed by atoms with van der Waals surface area (Å²) >= 11 is 6.36. The predicted octanol–water partition coefficient (Wildman–Crippen LogP) is 1.09. The summed E-state index contributed by atoms with van der Waals surface area (Å²) < 4.78 is 28.5. The van der Waals surface area contributed by atoms with E-state index in [0.29, 0.717) is 32.7 Å². The zero-order valence-electron chi connectivity index (χ0n) is 17.6. The topological polar surface area (TPSA) is 81.8 Å². The maximum absolute atomic E-state index is 13.5. The Morgan fingerprint density at radius 1 is 1.10 bits per heavy atom. The molecule has 0 bridgehead atoms. The number of nitrogens with one attached hydrogen (secondary N) is 2. The molecule has 5 rings (SSSR count). The number of carbonyl (C=O) groups excluding carboxylic acids is 1. The van der Waals surface area contributed by atoms with E-state index < -0.39 is 15.3 Å². The molecule has 0 aromatic heterocycles. The molecule has 9 heteroatoms. The van der Waals surface area contributed by atoms with Crippen LogP contribution in [0, 0.1) is 5.92 Å². The maximum Gasteiger partial charge on any atom is 0.230 e. The number of fused-ring (bicyclic) bond motifs is 1. The molecule has 0 saturated carbocycles. The number of carbonyl (C=O) groups is 1. The molecule has 1 aromatic rings. The highest BCUT2D eigenvalue weighted by atomic mass is 35.5. The van der Waals surface area contributed by atoms with E-state index in [-0.39, 0.29) is 29.3 Å². The van der Waals surface area contributed by atoms with Gasteiger partial charge in [0.2, 0.25) is 15.9 Å². The molecule has 2 saturated heterocycles. The lowest BCUT2D eigenvalue weighted by Gasteiger charge is -2.34. The van der Waals surface area contributed by atoms with Crippen LogP contribution in [0.15, 0.2) is 41.5 Å². The van der Waals surface area contributed by atoms with E-state index in [9.17, 15) is 13.2 Å². The zero-order valence-corrected chi connectivity index (χ0v) is 19.2. The molecule has 4 heterocycles. The number of piperidine rings is 1. The molecule has 4 aliphatic heterocycles. The summed E-state index contributed by atoms with van der Waals surface area (Å²) in [5.74, 6) is -0.0688. The van der Waals surface area contributed by atoms with Gasteiger partial charge in [-0.2, -0.15) is 4.31 Å². The van der Waals surface area contributed by atoms with Gasteiger partial charge in [-0.05, 0) is 42.5 Å². The molecule has 0 aliphatic carbocycles. The summed E-state index contributed by atoms with van der Waals surface area (Å²) in [7, 11) is -3.43. The van der Waals surface area contributed by atoms with E-state index in [4.69, 9.17) is 11.6 Å². The highest BCUT2D eigenvalue weighted by molar-refractivity contribution is 7.89. The number of nitrogens with zero attached hydrogens (tertiary/aromatic N) is 2. The van der Waals surface area contributed by atoms with Crippen molar-refractivity contribution in [1.82, 2.24) is 19.8 Å². The fraction of sp³-hybridized carbons (Fsp3) is 0.591. The van der Waals surface area contributed by atoms with Gasteiger partial charge in [-0.25, -0.2) is 8.42 Å². The van der Waals surface area contributed by atoms with Crippen molar-refractivity contribution < 1.29 is 13.2 Å². The van der Waals surface area contributed by atoms with Crippen molar-refractivity contribution in [2.24, 2.45) is 5.92 Å². The largest absolute Gasteiger partial charge is 0.334 e.